The molecule has 2 aromatic carbocycles. The van der Waals surface area contributed by atoms with Crippen molar-refractivity contribution in [1.29, 1.82) is 5.26 Å². The normalized spacial score (nSPS) is 10.6. The second-order valence-electron chi connectivity index (χ2n) is 5.26. The molecule has 9 heteroatoms. The van der Waals surface area contributed by atoms with Crippen LogP contribution < -0.4 is 15.4 Å². The Bertz CT molecular complexity index is 920. The number of non-ortho nitro benzene ring substituents is 1. The van der Waals surface area contributed by atoms with Gasteiger partial charge in [0.25, 0.3) is 11.6 Å². The zero-order valence-electron chi connectivity index (χ0n) is 14.2. The molecular formula is C18H15ClN4O4. The van der Waals surface area contributed by atoms with Crippen molar-refractivity contribution in [2.75, 3.05) is 12.4 Å². The number of nitrogens with zero attached hydrogens (tertiary/aromatic N) is 2. The van der Waals surface area contributed by atoms with E-state index in [2.05, 4.69) is 10.6 Å². The second-order valence-corrected chi connectivity index (χ2v) is 5.70. The van der Waals surface area contributed by atoms with Gasteiger partial charge < -0.3 is 15.4 Å². The third kappa shape index (κ3) is 5.45. The van der Waals surface area contributed by atoms with E-state index in [1.165, 1.54) is 31.5 Å². The molecule has 0 heterocycles. The number of amides is 1. The summed E-state index contributed by atoms with van der Waals surface area (Å²) in [5, 5.41) is 26.0. The molecule has 0 spiro atoms. The molecule has 0 radical (unpaired) electrons. The number of nitro benzene ring substituents is 1. The Morgan fingerprint density at radius 2 is 2.04 bits per heavy atom. The third-order valence-corrected chi connectivity index (χ3v) is 3.75. The number of carbonyl (C=O) groups is 1. The van der Waals surface area contributed by atoms with Gasteiger partial charge in [-0.25, -0.2) is 0 Å². The van der Waals surface area contributed by atoms with Gasteiger partial charge in [-0.3, -0.25) is 14.9 Å². The van der Waals surface area contributed by atoms with Crippen LogP contribution in [0.4, 0.5) is 11.4 Å². The summed E-state index contributed by atoms with van der Waals surface area (Å²) >= 11 is 5.80. The van der Waals surface area contributed by atoms with E-state index in [-0.39, 0.29) is 23.5 Å². The fourth-order valence-corrected chi connectivity index (χ4v) is 2.23. The summed E-state index contributed by atoms with van der Waals surface area (Å²) < 4.78 is 5.11. The van der Waals surface area contributed by atoms with Crippen LogP contribution in [0.2, 0.25) is 5.02 Å². The average molecular weight is 387 g/mol. The number of anilines is 1. The van der Waals surface area contributed by atoms with Crippen molar-refractivity contribution in [1.82, 2.24) is 5.32 Å². The fourth-order valence-electron chi connectivity index (χ4n) is 2.10. The van der Waals surface area contributed by atoms with E-state index in [9.17, 15) is 20.2 Å². The van der Waals surface area contributed by atoms with Crippen LogP contribution in [0.15, 0.2) is 54.2 Å². The first-order chi connectivity index (χ1) is 12.9. The minimum Gasteiger partial charge on any atom is -0.495 e. The molecule has 138 valence electrons. The number of methoxy groups -OCH3 is 1. The number of nitro groups is 1. The van der Waals surface area contributed by atoms with E-state index in [1.54, 1.807) is 30.3 Å². The smallest absolute Gasteiger partial charge is 0.271 e. The summed E-state index contributed by atoms with van der Waals surface area (Å²) in [6.07, 6.45) is 1.17. The summed E-state index contributed by atoms with van der Waals surface area (Å²) in [5.74, 6) is -0.264. The number of hydrogen-bond acceptors (Lipinski definition) is 6. The SMILES string of the molecule is COc1ccc([N+](=O)[O-])cc1N/C=C(/C#N)C(=O)NCc1ccc(Cl)cc1. The van der Waals surface area contributed by atoms with Gasteiger partial charge in [0.1, 0.15) is 17.4 Å². The molecule has 27 heavy (non-hydrogen) atoms. The van der Waals surface area contributed by atoms with Crippen LogP contribution in [0.5, 0.6) is 5.75 Å². The minimum absolute atomic E-state index is 0.155. The van der Waals surface area contributed by atoms with E-state index in [0.717, 1.165) is 5.56 Å². The van der Waals surface area contributed by atoms with Gasteiger partial charge in [0, 0.05) is 29.9 Å². The van der Waals surface area contributed by atoms with Gasteiger partial charge in [-0.2, -0.15) is 5.26 Å². The molecule has 0 saturated carbocycles. The average Bonchev–Trinajstić information content (AvgIpc) is 2.67. The van der Waals surface area contributed by atoms with Crippen LogP contribution >= 0.6 is 11.6 Å². The molecule has 0 unspecified atom stereocenters. The lowest BCUT2D eigenvalue weighted by atomic mass is 10.2. The molecule has 8 nitrogen and oxygen atoms in total. The number of benzene rings is 2. The first-order valence-corrected chi connectivity index (χ1v) is 8.04. The highest BCUT2D eigenvalue weighted by atomic mass is 35.5. The minimum atomic E-state index is -0.593. The predicted octanol–water partition coefficient (Wildman–Crippen LogP) is 3.39. The maximum Gasteiger partial charge on any atom is 0.271 e. The first-order valence-electron chi connectivity index (χ1n) is 7.66. The molecule has 0 aliphatic carbocycles. The number of carbonyl (C=O) groups excluding carboxylic acids is 1. The van der Waals surface area contributed by atoms with Crippen molar-refractivity contribution in [3.05, 3.63) is 74.9 Å². The van der Waals surface area contributed by atoms with Gasteiger partial charge in [-0.15, -0.1) is 0 Å². The fraction of sp³-hybridized carbons (Fsp3) is 0.111. The van der Waals surface area contributed by atoms with Crippen molar-refractivity contribution < 1.29 is 14.5 Å². The Morgan fingerprint density at radius 1 is 1.33 bits per heavy atom. The Kier molecular flexibility index (Phi) is 6.74. The number of halogens is 1. The molecule has 1 amide bonds. The summed E-state index contributed by atoms with van der Waals surface area (Å²) in [7, 11) is 1.40. The van der Waals surface area contributed by atoms with Gasteiger partial charge in [0.05, 0.1) is 17.7 Å². The lowest BCUT2D eigenvalue weighted by Gasteiger charge is -2.09. The lowest BCUT2D eigenvalue weighted by molar-refractivity contribution is -0.384. The maximum absolute atomic E-state index is 12.2. The largest absolute Gasteiger partial charge is 0.495 e. The highest BCUT2D eigenvalue weighted by molar-refractivity contribution is 6.30. The monoisotopic (exact) mass is 386 g/mol. The molecule has 0 fully saturated rings. The topological polar surface area (TPSA) is 117 Å². The van der Waals surface area contributed by atoms with E-state index >= 15 is 0 Å². The van der Waals surface area contributed by atoms with Crippen molar-refractivity contribution in [3.63, 3.8) is 0 Å². The van der Waals surface area contributed by atoms with Crippen LogP contribution in [0, 0.1) is 21.4 Å². The molecule has 2 N–H and O–H groups in total. The van der Waals surface area contributed by atoms with Crippen molar-refractivity contribution in [2.24, 2.45) is 0 Å². The Balaban J connectivity index is 2.10. The number of rotatable bonds is 7. The first kappa shape index (κ1) is 19.8. The quantitative estimate of drug-likeness (QED) is 0.326. The zero-order chi connectivity index (χ0) is 19.8. The molecule has 0 bridgehead atoms. The third-order valence-electron chi connectivity index (χ3n) is 3.50. The molecule has 0 aliphatic heterocycles. The number of ether oxygens (including phenoxy) is 1. The van der Waals surface area contributed by atoms with Crippen molar-refractivity contribution >= 4 is 28.9 Å². The molecule has 0 atom stereocenters. The Labute approximate surface area is 160 Å². The highest BCUT2D eigenvalue weighted by Crippen LogP contribution is 2.29. The molecular weight excluding hydrogens is 372 g/mol. The standard InChI is InChI=1S/C18H15ClN4O4/c1-27-17-7-6-15(23(25)26)8-16(17)21-11-13(9-20)18(24)22-10-12-2-4-14(19)5-3-12/h2-8,11,21H,10H2,1H3,(H,22,24)/b13-11-. The molecule has 0 aromatic heterocycles. The molecule has 0 saturated heterocycles. The van der Waals surface area contributed by atoms with Crippen LogP contribution in [-0.4, -0.2) is 17.9 Å². The Morgan fingerprint density at radius 3 is 2.63 bits per heavy atom. The van der Waals surface area contributed by atoms with E-state index in [1.807, 2.05) is 0 Å². The van der Waals surface area contributed by atoms with Crippen molar-refractivity contribution in [3.8, 4) is 11.8 Å². The predicted molar refractivity (Wildman–Crippen MR) is 100 cm³/mol. The molecule has 2 aromatic rings. The highest BCUT2D eigenvalue weighted by Gasteiger charge is 2.12. The molecule has 0 aliphatic rings. The summed E-state index contributed by atoms with van der Waals surface area (Å²) in [6.45, 7) is 0.217. The number of nitriles is 1. The zero-order valence-corrected chi connectivity index (χ0v) is 15.0. The van der Waals surface area contributed by atoms with E-state index in [4.69, 9.17) is 16.3 Å². The molecule has 2 rings (SSSR count). The second kappa shape index (κ2) is 9.22. The van der Waals surface area contributed by atoms with E-state index in [0.29, 0.717) is 10.8 Å². The van der Waals surface area contributed by atoms with Gasteiger partial charge in [-0.05, 0) is 23.8 Å². The lowest BCUT2D eigenvalue weighted by Crippen LogP contribution is -2.24. The van der Waals surface area contributed by atoms with Gasteiger partial charge >= 0.3 is 0 Å². The van der Waals surface area contributed by atoms with Gasteiger partial charge in [0.15, 0.2) is 0 Å². The van der Waals surface area contributed by atoms with Crippen LogP contribution in [0.25, 0.3) is 0 Å². The maximum atomic E-state index is 12.2. The summed E-state index contributed by atoms with van der Waals surface area (Å²) in [6, 6.07) is 12.6. The van der Waals surface area contributed by atoms with Gasteiger partial charge in [0.2, 0.25) is 0 Å². The van der Waals surface area contributed by atoms with E-state index < -0.39 is 10.8 Å². The van der Waals surface area contributed by atoms with Crippen LogP contribution in [0.1, 0.15) is 5.56 Å². The van der Waals surface area contributed by atoms with Gasteiger partial charge in [-0.1, -0.05) is 23.7 Å². The van der Waals surface area contributed by atoms with Crippen molar-refractivity contribution in [2.45, 2.75) is 6.54 Å². The summed E-state index contributed by atoms with van der Waals surface area (Å²) in [5.41, 5.74) is 0.721. The summed E-state index contributed by atoms with van der Waals surface area (Å²) in [4.78, 5) is 22.5. The Hall–Kier alpha value is -3.57. The van der Waals surface area contributed by atoms with Crippen LogP contribution in [-0.2, 0) is 11.3 Å². The number of hydrogen-bond donors (Lipinski definition) is 2. The van der Waals surface area contributed by atoms with Crippen LogP contribution in [0.3, 0.4) is 0 Å². The number of nitrogens with one attached hydrogen (secondary N) is 2.